The van der Waals surface area contributed by atoms with Crippen LogP contribution in [-0.2, 0) is 25.7 Å². The Balaban J connectivity index is 2.47. The first-order valence-corrected chi connectivity index (χ1v) is 8.75. The van der Waals surface area contributed by atoms with Crippen LogP contribution >= 0.6 is 0 Å². The van der Waals surface area contributed by atoms with Crippen molar-refractivity contribution in [2.75, 3.05) is 0 Å². The standard InChI is InChI=1S/C19H28N2/c1-3-5-10-17-15-11-8-7-9-12-16(15)18(13-6-4-2)21-19(17)14-20/h3-13H2,1-2H3. The van der Waals surface area contributed by atoms with Crippen LogP contribution in [-0.4, -0.2) is 4.98 Å². The van der Waals surface area contributed by atoms with Gasteiger partial charge in [0, 0.05) is 5.69 Å². The summed E-state index contributed by atoms with van der Waals surface area (Å²) < 4.78 is 0. The molecule has 1 aliphatic carbocycles. The monoisotopic (exact) mass is 284 g/mol. The van der Waals surface area contributed by atoms with Crippen LogP contribution in [0.2, 0.25) is 0 Å². The van der Waals surface area contributed by atoms with Gasteiger partial charge in [0.2, 0.25) is 0 Å². The molecular weight excluding hydrogens is 256 g/mol. The molecule has 2 nitrogen and oxygen atoms in total. The van der Waals surface area contributed by atoms with Crippen molar-refractivity contribution in [3.63, 3.8) is 0 Å². The van der Waals surface area contributed by atoms with E-state index in [0.717, 1.165) is 31.4 Å². The summed E-state index contributed by atoms with van der Waals surface area (Å²) in [6.07, 6.45) is 13.0. The van der Waals surface area contributed by atoms with Gasteiger partial charge in [-0.1, -0.05) is 33.1 Å². The Morgan fingerprint density at radius 1 is 0.952 bits per heavy atom. The van der Waals surface area contributed by atoms with Crippen molar-refractivity contribution in [2.45, 2.75) is 84.5 Å². The molecule has 0 bridgehead atoms. The first kappa shape index (κ1) is 16.0. The molecule has 1 heterocycles. The number of hydrogen-bond acceptors (Lipinski definition) is 2. The Labute approximate surface area is 129 Å². The maximum Gasteiger partial charge on any atom is 0.144 e. The van der Waals surface area contributed by atoms with Crippen molar-refractivity contribution in [3.05, 3.63) is 28.1 Å². The van der Waals surface area contributed by atoms with Crippen molar-refractivity contribution < 1.29 is 0 Å². The van der Waals surface area contributed by atoms with E-state index in [1.54, 1.807) is 0 Å². The van der Waals surface area contributed by atoms with Crippen molar-refractivity contribution in [3.8, 4) is 6.07 Å². The summed E-state index contributed by atoms with van der Waals surface area (Å²) in [5.41, 5.74) is 6.22. The van der Waals surface area contributed by atoms with Gasteiger partial charge in [-0.3, -0.25) is 0 Å². The van der Waals surface area contributed by atoms with Gasteiger partial charge in [-0.25, -0.2) is 4.98 Å². The van der Waals surface area contributed by atoms with Gasteiger partial charge in [0.1, 0.15) is 11.8 Å². The lowest BCUT2D eigenvalue weighted by Gasteiger charge is -2.18. The summed E-state index contributed by atoms with van der Waals surface area (Å²) in [7, 11) is 0. The molecule has 0 atom stereocenters. The molecule has 0 aliphatic heterocycles. The van der Waals surface area contributed by atoms with E-state index in [-0.39, 0.29) is 0 Å². The second-order valence-electron chi connectivity index (χ2n) is 6.22. The number of rotatable bonds is 6. The molecule has 1 aromatic heterocycles. The van der Waals surface area contributed by atoms with Crippen molar-refractivity contribution in [1.82, 2.24) is 4.98 Å². The quantitative estimate of drug-likeness (QED) is 0.696. The summed E-state index contributed by atoms with van der Waals surface area (Å²) in [6.45, 7) is 4.44. The fourth-order valence-corrected chi connectivity index (χ4v) is 3.41. The minimum Gasteiger partial charge on any atom is -0.242 e. The summed E-state index contributed by atoms with van der Waals surface area (Å²) in [4.78, 5) is 4.78. The highest BCUT2D eigenvalue weighted by Gasteiger charge is 2.20. The molecule has 2 heteroatoms. The van der Waals surface area contributed by atoms with Gasteiger partial charge < -0.3 is 0 Å². The average Bonchev–Trinajstić information content (AvgIpc) is 2.76. The largest absolute Gasteiger partial charge is 0.242 e. The third kappa shape index (κ3) is 3.84. The predicted molar refractivity (Wildman–Crippen MR) is 87.4 cm³/mol. The van der Waals surface area contributed by atoms with Crippen molar-refractivity contribution >= 4 is 0 Å². The molecule has 0 radical (unpaired) electrons. The SMILES string of the molecule is CCCCc1nc(C#N)c(CCCC)c2c1CCCCC2. The third-order valence-corrected chi connectivity index (χ3v) is 4.62. The van der Waals surface area contributed by atoms with Crippen LogP contribution in [0.4, 0.5) is 0 Å². The molecule has 0 saturated heterocycles. The fraction of sp³-hybridized carbons (Fsp3) is 0.684. The van der Waals surface area contributed by atoms with Crippen molar-refractivity contribution in [2.24, 2.45) is 0 Å². The second kappa shape index (κ2) is 8.17. The topological polar surface area (TPSA) is 36.7 Å². The molecule has 0 aromatic carbocycles. The number of hydrogen-bond donors (Lipinski definition) is 0. The third-order valence-electron chi connectivity index (χ3n) is 4.62. The molecule has 0 saturated carbocycles. The first-order chi connectivity index (χ1) is 10.3. The molecule has 2 rings (SSSR count). The number of aromatic nitrogens is 1. The number of fused-ring (bicyclic) bond motifs is 1. The second-order valence-corrected chi connectivity index (χ2v) is 6.22. The molecule has 114 valence electrons. The van der Waals surface area contributed by atoms with Crippen LogP contribution in [0.1, 0.15) is 86.9 Å². The van der Waals surface area contributed by atoms with E-state index in [2.05, 4.69) is 19.9 Å². The van der Waals surface area contributed by atoms with E-state index in [0.29, 0.717) is 0 Å². The summed E-state index contributed by atoms with van der Waals surface area (Å²) >= 11 is 0. The Bertz CT molecular complexity index is 511. The Morgan fingerprint density at radius 2 is 1.62 bits per heavy atom. The van der Waals surface area contributed by atoms with Gasteiger partial charge in [0.15, 0.2) is 0 Å². The molecule has 21 heavy (non-hydrogen) atoms. The average molecular weight is 284 g/mol. The molecule has 1 aromatic rings. The first-order valence-electron chi connectivity index (χ1n) is 8.75. The zero-order valence-corrected chi connectivity index (χ0v) is 13.7. The highest BCUT2D eigenvalue weighted by molar-refractivity contribution is 5.46. The van der Waals surface area contributed by atoms with Crippen LogP contribution in [0.25, 0.3) is 0 Å². The number of aryl methyl sites for hydroxylation is 1. The maximum atomic E-state index is 9.53. The Kier molecular flexibility index (Phi) is 6.23. The van der Waals surface area contributed by atoms with Gasteiger partial charge in [0.05, 0.1) is 0 Å². The molecule has 0 unspecified atom stereocenters. The van der Waals surface area contributed by atoms with E-state index in [4.69, 9.17) is 4.98 Å². The van der Waals surface area contributed by atoms with Gasteiger partial charge >= 0.3 is 0 Å². The lowest BCUT2D eigenvalue weighted by Crippen LogP contribution is -2.10. The summed E-state index contributed by atoms with van der Waals surface area (Å²) in [5, 5.41) is 9.53. The van der Waals surface area contributed by atoms with Crippen LogP contribution in [0.3, 0.4) is 0 Å². The smallest absolute Gasteiger partial charge is 0.144 e. The van der Waals surface area contributed by atoms with Gasteiger partial charge in [-0.2, -0.15) is 5.26 Å². The van der Waals surface area contributed by atoms with Crippen LogP contribution in [0.5, 0.6) is 0 Å². The predicted octanol–water partition coefficient (Wildman–Crippen LogP) is 4.91. The van der Waals surface area contributed by atoms with Gasteiger partial charge in [-0.15, -0.1) is 0 Å². The highest BCUT2D eigenvalue weighted by Crippen LogP contribution is 2.29. The van der Waals surface area contributed by atoms with E-state index >= 15 is 0 Å². The number of nitriles is 1. The lowest BCUT2D eigenvalue weighted by molar-refractivity contribution is 0.706. The number of pyridine rings is 1. The molecule has 0 amide bonds. The van der Waals surface area contributed by atoms with E-state index in [1.807, 2.05) is 0 Å². The van der Waals surface area contributed by atoms with Gasteiger partial charge in [-0.05, 0) is 68.1 Å². The summed E-state index contributed by atoms with van der Waals surface area (Å²) in [6, 6.07) is 2.38. The van der Waals surface area contributed by atoms with E-state index < -0.39 is 0 Å². The van der Waals surface area contributed by atoms with Crippen LogP contribution in [0.15, 0.2) is 0 Å². The minimum absolute atomic E-state index is 0.718. The Morgan fingerprint density at radius 3 is 2.29 bits per heavy atom. The van der Waals surface area contributed by atoms with Crippen molar-refractivity contribution in [1.29, 1.82) is 5.26 Å². The molecule has 0 N–H and O–H groups in total. The number of unbranched alkanes of at least 4 members (excludes halogenated alkanes) is 2. The molecular formula is C19H28N2. The minimum atomic E-state index is 0.718. The normalized spacial score (nSPS) is 14.3. The Hall–Kier alpha value is -1.36. The summed E-state index contributed by atoms with van der Waals surface area (Å²) in [5.74, 6) is 0. The maximum absolute atomic E-state index is 9.53. The molecule has 0 fully saturated rings. The lowest BCUT2D eigenvalue weighted by atomic mass is 9.90. The molecule has 1 aliphatic rings. The fourth-order valence-electron chi connectivity index (χ4n) is 3.41. The van der Waals surface area contributed by atoms with E-state index in [1.165, 1.54) is 67.3 Å². The van der Waals surface area contributed by atoms with Gasteiger partial charge in [0.25, 0.3) is 0 Å². The number of nitrogens with zero attached hydrogens (tertiary/aromatic N) is 2. The van der Waals surface area contributed by atoms with E-state index in [9.17, 15) is 5.26 Å². The molecule has 0 spiro atoms. The van der Waals surface area contributed by atoms with Crippen LogP contribution in [0, 0.1) is 11.3 Å². The highest BCUT2D eigenvalue weighted by atomic mass is 14.7. The van der Waals surface area contributed by atoms with Crippen LogP contribution < -0.4 is 0 Å². The zero-order valence-electron chi connectivity index (χ0n) is 13.7. The zero-order chi connectivity index (χ0) is 15.1.